The quantitative estimate of drug-likeness (QED) is 0.827. The van der Waals surface area contributed by atoms with E-state index in [-0.39, 0.29) is 0 Å². The molecule has 0 spiro atoms. The second kappa shape index (κ2) is 6.62. The minimum atomic E-state index is 0.408. The Bertz CT molecular complexity index is 590. The largest absolute Gasteiger partial charge is 0.455 e. The van der Waals surface area contributed by atoms with Gasteiger partial charge in [-0.05, 0) is 48.9 Å². The minimum Gasteiger partial charge on any atom is -0.455 e. The summed E-state index contributed by atoms with van der Waals surface area (Å²) in [6, 6.07) is 11.1. The highest BCUT2D eigenvalue weighted by Crippen LogP contribution is 2.36. The lowest BCUT2D eigenvalue weighted by Crippen LogP contribution is -2.04. The molecule has 0 bridgehead atoms. The molecule has 2 aromatic carbocycles. The van der Waals surface area contributed by atoms with E-state index >= 15 is 0 Å². The molecule has 0 aliphatic heterocycles. The minimum absolute atomic E-state index is 0.408. The van der Waals surface area contributed by atoms with Crippen LogP contribution >= 0.6 is 39.1 Å². The molecule has 0 unspecified atom stereocenters. The van der Waals surface area contributed by atoms with Crippen LogP contribution in [0.15, 0.2) is 40.9 Å². The van der Waals surface area contributed by atoms with Crippen LogP contribution < -0.4 is 10.5 Å². The van der Waals surface area contributed by atoms with Crippen LogP contribution in [0.3, 0.4) is 0 Å². The molecule has 0 saturated heterocycles. The first-order chi connectivity index (χ1) is 9.11. The predicted octanol–water partition coefficient (Wildman–Crippen LogP) is 5.05. The molecular weight excluding hydrogens is 349 g/mol. The van der Waals surface area contributed by atoms with Crippen molar-refractivity contribution in [2.75, 3.05) is 6.54 Å². The number of ether oxygens (including phenoxy) is 1. The van der Waals surface area contributed by atoms with Gasteiger partial charge >= 0.3 is 0 Å². The maximum absolute atomic E-state index is 6.11. The van der Waals surface area contributed by atoms with E-state index in [2.05, 4.69) is 15.9 Å². The summed E-state index contributed by atoms with van der Waals surface area (Å²) in [6.45, 7) is 0.552. The Labute approximate surface area is 130 Å². The van der Waals surface area contributed by atoms with Gasteiger partial charge in [0.05, 0.1) is 5.02 Å². The Kier molecular flexibility index (Phi) is 5.11. The van der Waals surface area contributed by atoms with Crippen molar-refractivity contribution < 1.29 is 4.74 Å². The maximum Gasteiger partial charge on any atom is 0.147 e. The molecule has 0 aliphatic carbocycles. The molecule has 0 aromatic heterocycles. The Balaban J connectivity index is 2.35. The van der Waals surface area contributed by atoms with Crippen LogP contribution in [-0.2, 0) is 6.42 Å². The summed E-state index contributed by atoms with van der Waals surface area (Å²) in [5.41, 5.74) is 6.63. The van der Waals surface area contributed by atoms with E-state index in [9.17, 15) is 0 Å². The van der Waals surface area contributed by atoms with Crippen LogP contribution in [0.25, 0.3) is 0 Å². The van der Waals surface area contributed by atoms with Gasteiger partial charge in [0.2, 0.25) is 0 Å². The summed E-state index contributed by atoms with van der Waals surface area (Å²) >= 11 is 15.5. The second-order valence-electron chi connectivity index (χ2n) is 3.94. The van der Waals surface area contributed by atoms with E-state index in [0.717, 1.165) is 22.2 Å². The third-order valence-electron chi connectivity index (χ3n) is 2.57. The van der Waals surface area contributed by atoms with Gasteiger partial charge in [-0.2, -0.15) is 0 Å². The number of nitrogens with two attached hydrogens (primary N) is 1. The fourth-order valence-corrected chi connectivity index (χ4v) is 2.42. The Morgan fingerprint density at radius 2 is 1.89 bits per heavy atom. The molecule has 0 radical (unpaired) electrons. The summed E-state index contributed by atoms with van der Waals surface area (Å²) in [5, 5.41) is 0.877. The van der Waals surface area contributed by atoms with Gasteiger partial charge in [0.25, 0.3) is 0 Å². The van der Waals surface area contributed by atoms with Crippen molar-refractivity contribution in [3.8, 4) is 11.5 Å². The lowest BCUT2D eigenvalue weighted by molar-refractivity contribution is 0.476. The predicted molar refractivity (Wildman–Crippen MR) is 83.4 cm³/mol. The molecule has 5 heteroatoms. The number of benzene rings is 2. The van der Waals surface area contributed by atoms with Crippen LogP contribution in [0.5, 0.6) is 11.5 Å². The van der Waals surface area contributed by atoms with Crippen LogP contribution in [0.1, 0.15) is 5.56 Å². The van der Waals surface area contributed by atoms with Gasteiger partial charge < -0.3 is 10.5 Å². The van der Waals surface area contributed by atoms with Crippen molar-refractivity contribution in [2.24, 2.45) is 5.73 Å². The van der Waals surface area contributed by atoms with Gasteiger partial charge in [0.15, 0.2) is 0 Å². The fraction of sp³-hybridized carbons (Fsp3) is 0.143. The van der Waals surface area contributed by atoms with Crippen LogP contribution in [-0.4, -0.2) is 6.54 Å². The lowest BCUT2D eigenvalue weighted by atomic mass is 10.1. The Hall–Kier alpha value is -0.740. The fourth-order valence-electron chi connectivity index (χ4n) is 1.68. The highest BCUT2D eigenvalue weighted by atomic mass is 79.9. The van der Waals surface area contributed by atoms with E-state index in [1.165, 1.54) is 0 Å². The molecule has 19 heavy (non-hydrogen) atoms. The van der Waals surface area contributed by atoms with Crippen LogP contribution in [0.2, 0.25) is 10.0 Å². The molecular formula is C14H12BrCl2NO. The number of halogens is 3. The first-order valence-corrected chi connectivity index (χ1v) is 7.27. The molecule has 100 valence electrons. The molecule has 2 aromatic rings. The van der Waals surface area contributed by atoms with Gasteiger partial charge in [0, 0.05) is 4.47 Å². The Morgan fingerprint density at radius 1 is 1.11 bits per heavy atom. The number of hydrogen-bond donors (Lipinski definition) is 1. The summed E-state index contributed by atoms with van der Waals surface area (Å²) in [7, 11) is 0. The smallest absolute Gasteiger partial charge is 0.147 e. The van der Waals surface area contributed by atoms with E-state index in [1.54, 1.807) is 18.2 Å². The third-order valence-corrected chi connectivity index (χ3v) is 3.87. The zero-order chi connectivity index (χ0) is 13.8. The van der Waals surface area contributed by atoms with Crippen LogP contribution in [0.4, 0.5) is 0 Å². The second-order valence-corrected chi connectivity index (χ2v) is 5.65. The van der Waals surface area contributed by atoms with Gasteiger partial charge in [-0.3, -0.25) is 0 Å². The molecule has 0 fully saturated rings. The van der Waals surface area contributed by atoms with Crippen molar-refractivity contribution in [3.05, 3.63) is 56.5 Å². The molecule has 0 atom stereocenters. The van der Waals surface area contributed by atoms with Crippen molar-refractivity contribution in [2.45, 2.75) is 6.42 Å². The molecule has 0 amide bonds. The van der Waals surface area contributed by atoms with Crippen LogP contribution in [0, 0.1) is 0 Å². The average molecular weight is 361 g/mol. The zero-order valence-electron chi connectivity index (χ0n) is 10.00. The molecule has 2 N–H and O–H groups in total. The summed E-state index contributed by atoms with van der Waals surface area (Å²) in [5.74, 6) is 1.27. The molecule has 0 heterocycles. The molecule has 0 aliphatic rings. The van der Waals surface area contributed by atoms with E-state index in [0.29, 0.717) is 22.3 Å². The summed E-state index contributed by atoms with van der Waals surface area (Å²) in [4.78, 5) is 0. The first kappa shape index (κ1) is 14.7. The van der Waals surface area contributed by atoms with Gasteiger partial charge in [0.1, 0.15) is 16.5 Å². The molecule has 2 rings (SSSR count). The van der Waals surface area contributed by atoms with Crippen molar-refractivity contribution in [1.29, 1.82) is 0 Å². The highest BCUT2D eigenvalue weighted by Gasteiger charge is 2.10. The topological polar surface area (TPSA) is 35.2 Å². The lowest BCUT2D eigenvalue weighted by Gasteiger charge is -2.12. The number of hydrogen-bond acceptors (Lipinski definition) is 2. The van der Waals surface area contributed by atoms with E-state index < -0.39 is 0 Å². The third kappa shape index (κ3) is 3.63. The number of rotatable bonds is 4. The van der Waals surface area contributed by atoms with Gasteiger partial charge in [-0.15, -0.1) is 0 Å². The SMILES string of the molecule is NCCc1cc(Br)ccc1Oc1cccc(Cl)c1Cl. The normalized spacial score (nSPS) is 10.5. The van der Waals surface area contributed by atoms with Crippen molar-refractivity contribution >= 4 is 39.1 Å². The highest BCUT2D eigenvalue weighted by molar-refractivity contribution is 9.10. The first-order valence-electron chi connectivity index (χ1n) is 5.72. The average Bonchev–Trinajstić information content (AvgIpc) is 2.38. The van der Waals surface area contributed by atoms with Gasteiger partial charge in [-0.1, -0.05) is 45.2 Å². The summed E-state index contributed by atoms with van der Waals surface area (Å²) < 4.78 is 6.82. The summed E-state index contributed by atoms with van der Waals surface area (Å²) in [6.07, 6.45) is 0.729. The molecule has 2 nitrogen and oxygen atoms in total. The maximum atomic E-state index is 6.11. The zero-order valence-corrected chi connectivity index (χ0v) is 13.1. The molecule has 0 saturated carbocycles. The Morgan fingerprint density at radius 3 is 2.63 bits per heavy atom. The van der Waals surface area contributed by atoms with E-state index in [4.69, 9.17) is 33.7 Å². The standard InChI is InChI=1S/C14H12BrCl2NO/c15-10-4-5-12(9(8-10)6-7-18)19-13-3-1-2-11(16)14(13)17/h1-5,8H,6-7,18H2. The van der Waals surface area contributed by atoms with Crippen molar-refractivity contribution in [1.82, 2.24) is 0 Å². The van der Waals surface area contributed by atoms with E-state index in [1.807, 2.05) is 18.2 Å². The van der Waals surface area contributed by atoms with Crippen molar-refractivity contribution in [3.63, 3.8) is 0 Å². The monoisotopic (exact) mass is 359 g/mol. The van der Waals surface area contributed by atoms with Gasteiger partial charge in [-0.25, -0.2) is 0 Å².